The normalized spacial score (nSPS) is 14.4. The van der Waals surface area contributed by atoms with Gasteiger partial charge in [-0.2, -0.15) is 5.10 Å². The quantitative estimate of drug-likeness (QED) is 0.345. The molecule has 0 bridgehead atoms. The van der Waals surface area contributed by atoms with Crippen LogP contribution in [0, 0.1) is 0 Å². The van der Waals surface area contributed by atoms with Crippen molar-refractivity contribution in [2.24, 2.45) is 5.10 Å². The van der Waals surface area contributed by atoms with E-state index in [0.717, 1.165) is 45.0 Å². The van der Waals surface area contributed by atoms with Crippen LogP contribution >= 0.6 is 23.8 Å². The van der Waals surface area contributed by atoms with Crippen LogP contribution in [0.5, 0.6) is 0 Å². The molecule has 9 heteroatoms. The van der Waals surface area contributed by atoms with Gasteiger partial charge >= 0.3 is 0 Å². The fourth-order valence-electron chi connectivity index (χ4n) is 2.86. The Morgan fingerprint density at radius 2 is 1.97 bits per heavy atom. The van der Waals surface area contributed by atoms with Crippen LogP contribution in [0.3, 0.4) is 0 Å². The van der Waals surface area contributed by atoms with Gasteiger partial charge in [-0.3, -0.25) is 15.1 Å². The van der Waals surface area contributed by atoms with Gasteiger partial charge in [0.25, 0.3) is 5.91 Å². The van der Waals surface area contributed by atoms with Crippen molar-refractivity contribution in [2.75, 3.05) is 44.7 Å². The second-order valence-corrected chi connectivity index (χ2v) is 7.51. The maximum atomic E-state index is 12.3. The Morgan fingerprint density at radius 3 is 2.73 bits per heavy atom. The summed E-state index contributed by atoms with van der Waals surface area (Å²) in [4.78, 5) is 14.6. The first-order valence-corrected chi connectivity index (χ1v) is 10.4. The number of morpholine rings is 1. The van der Waals surface area contributed by atoms with E-state index in [2.05, 4.69) is 26.1 Å². The van der Waals surface area contributed by atoms with Crippen molar-refractivity contribution in [1.82, 2.24) is 15.6 Å². The SMILES string of the molecule is O=C(Nc1cccc(/C=N/NC(=S)NCCN2CCOCC2)c1)c1ccc(Cl)cc1. The van der Waals surface area contributed by atoms with Gasteiger partial charge in [0.1, 0.15) is 0 Å². The molecule has 7 nitrogen and oxygen atoms in total. The van der Waals surface area contributed by atoms with Crippen molar-refractivity contribution in [3.05, 3.63) is 64.7 Å². The number of nitrogens with one attached hydrogen (secondary N) is 3. The van der Waals surface area contributed by atoms with Gasteiger partial charge in [-0.05, 0) is 54.2 Å². The van der Waals surface area contributed by atoms with Crippen molar-refractivity contribution in [2.45, 2.75) is 0 Å². The number of nitrogens with zero attached hydrogens (tertiary/aromatic N) is 2. The summed E-state index contributed by atoms with van der Waals surface area (Å²) < 4.78 is 5.33. The zero-order valence-corrected chi connectivity index (χ0v) is 18.0. The first-order valence-electron chi connectivity index (χ1n) is 9.64. The minimum Gasteiger partial charge on any atom is -0.379 e. The van der Waals surface area contributed by atoms with E-state index in [1.807, 2.05) is 24.3 Å². The van der Waals surface area contributed by atoms with Crippen LogP contribution in [0.2, 0.25) is 5.02 Å². The highest BCUT2D eigenvalue weighted by Crippen LogP contribution is 2.13. The average Bonchev–Trinajstić information content (AvgIpc) is 2.75. The van der Waals surface area contributed by atoms with Crippen molar-refractivity contribution >= 4 is 46.7 Å². The maximum Gasteiger partial charge on any atom is 0.255 e. The molecule has 0 aliphatic carbocycles. The summed E-state index contributed by atoms with van der Waals surface area (Å²) in [6.07, 6.45) is 1.65. The summed E-state index contributed by atoms with van der Waals surface area (Å²) in [5.41, 5.74) is 4.84. The number of anilines is 1. The highest BCUT2D eigenvalue weighted by molar-refractivity contribution is 7.80. The largest absolute Gasteiger partial charge is 0.379 e. The van der Waals surface area contributed by atoms with Crippen molar-refractivity contribution < 1.29 is 9.53 Å². The van der Waals surface area contributed by atoms with Gasteiger partial charge in [-0.15, -0.1) is 0 Å². The average molecular weight is 446 g/mol. The molecular weight excluding hydrogens is 422 g/mol. The monoisotopic (exact) mass is 445 g/mol. The van der Waals surface area contributed by atoms with E-state index >= 15 is 0 Å². The zero-order chi connectivity index (χ0) is 21.2. The maximum absolute atomic E-state index is 12.3. The topological polar surface area (TPSA) is 78.0 Å². The molecule has 1 heterocycles. The number of benzene rings is 2. The van der Waals surface area contributed by atoms with E-state index in [9.17, 15) is 4.79 Å². The van der Waals surface area contributed by atoms with Gasteiger partial charge in [0, 0.05) is 42.5 Å². The van der Waals surface area contributed by atoms with E-state index in [4.69, 9.17) is 28.6 Å². The first kappa shape index (κ1) is 22.2. The van der Waals surface area contributed by atoms with Gasteiger partial charge < -0.3 is 15.4 Å². The molecule has 1 aliphatic heterocycles. The predicted molar refractivity (Wildman–Crippen MR) is 124 cm³/mol. The minimum absolute atomic E-state index is 0.204. The summed E-state index contributed by atoms with van der Waals surface area (Å²) >= 11 is 11.1. The van der Waals surface area contributed by atoms with Gasteiger partial charge in [0.2, 0.25) is 0 Å². The summed E-state index contributed by atoms with van der Waals surface area (Å²) in [7, 11) is 0. The standard InChI is InChI=1S/C21H24ClN5O2S/c22-18-6-4-17(5-7-18)20(28)25-19-3-1-2-16(14-19)15-24-26-21(30)23-8-9-27-10-12-29-13-11-27/h1-7,14-15H,8-13H2,(H,25,28)(H2,23,26,30)/b24-15+. The molecule has 3 rings (SSSR count). The van der Waals surface area contributed by atoms with Crippen LogP contribution in [0.4, 0.5) is 5.69 Å². The first-order chi connectivity index (χ1) is 14.6. The number of rotatable bonds is 7. The van der Waals surface area contributed by atoms with Crippen molar-refractivity contribution in [1.29, 1.82) is 0 Å². The molecule has 30 heavy (non-hydrogen) atoms. The van der Waals surface area contributed by atoms with Crippen LogP contribution in [0.15, 0.2) is 53.6 Å². The van der Waals surface area contributed by atoms with Crippen LogP contribution in [-0.2, 0) is 4.74 Å². The van der Waals surface area contributed by atoms with Gasteiger partial charge in [-0.1, -0.05) is 23.7 Å². The van der Waals surface area contributed by atoms with Gasteiger partial charge in [-0.25, -0.2) is 0 Å². The molecule has 2 aromatic rings. The number of amides is 1. The second kappa shape index (κ2) is 11.6. The fourth-order valence-corrected chi connectivity index (χ4v) is 3.14. The number of halogens is 1. The van der Waals surface area contributed by atoms with E-state index in [1.165, 1.54) is 0 Å². The Labute approximate surface area is 186 Å². The second-order valence-electron chi connectivity index (χ2n) is 6.67. The third-order valence-corrected chi connectivity index (χ3v) is 4.94. The molecule has 1 aliphatic rings. The molecule has 158 valence electrons. The van der Waals surface area contributed by atoms with Gasteiger partial charge in [0.05, 0.1) is 19.4 Å². The Hall–Kier alpha value is -2.52. The molecule has 0 saturated carbocycles. The fraction of sp³-hybridized carbons (Fsp3) is 0.286. The van der Waals surface area contributed by atoms with E-state index in [-0.39, 0.29) is 5.91 Å². The third-order valence-electron chi connectivity index (χ3n) is 4.45. The molecule has 3 N–H and O–H groups in total. The van der Waals surface area contributed by atoms with E-state index < -0.39 is 0 Å². The highest BCUT2D eigenvalue weighted by Gasteiger charge is 2.09. The lowest BCUT2D eigenvalue weighted by atomic mass is 10.2. The number of hydrogen-bond acceptors (Lipinski definition) is 5. The molecule has 0 atom stereocenters. The molecule has 1 amide bonds. The Bertz CT molecular complexity index is 885. The molecular formula is C21H24ClN5O2S. The number of carbonyl (C=O) groups is 1. The van der Waals surface area contributed by atoms with E-state index in [0.29, 0.717) is 21.4 Å². The minimum atomic E-state index is -0.204. The molecule has 0 radical (unpaired) electrons. The smallest absolute Gasteiger partial charge is 0.255 e. The Balaban J connectivity index is 1.43. The third kappa shape index (κ3) is 7.38. The molecule has 2 aromatic carbocycles. The Morgan fingerprint density at radius 1 is 1.20 bits per heavy atom. The summed E-state index contributed by atoms with van der Waals surface area (Å²) in [6, 6.07) is 14.1. The van der Waals surface area contributed by atoms with Crippen molar-refractivity contribution in [3.63, 3.8) is 0 Å². The number of hydrogen-bond donors (Lipinski definition) is 3. The van der Waals surface area contributed by atoms with Crippen LogP contribution < -0.4 is 16.1 Å². The molecule has 1 saturated heterocycles. The molecule has 0 unspecified atom stereocenters. The number of thiocarbonyl (C=S) groups is 1. The predicted octanol–water partition coefficient (Wildman–Crippen LogP) is 2.72. The van der Waals surface area contributed by atoms with Crippen LogP contribution in [-0.4, -0.2) is 61.5 Å². The molecule has 0 spiro atoms. The number of carbonyl (C=O) groups excluding carboxylic acids is 1. The van der Waals surface area contributed by atoms with Crippen LogP contribution in [0.25, 0.3) is 0 Å². The summed E-state index contributed by atoms with van der Waals surface area (Å²) in [5, 5.41) is 11.2. The number of hydrazone groups is 1. The lowest BCUT2D eigenvalue weighted by Crippen LogP contribution is -2.42. The summed E-state index contributed by atoms with van der Waals surface area (Å²) in [6.45, 7) is 5.12. The zero-order valence-electron chi connectivity index (χ0n) is 16.4. The van der Waals surface area contributed by atoms with E-state index in [1.54, 1.807) is 30.5 Å². The molecule has 0 aromatic heterocycles. The highest BCUT2D eigenvalue weighted by atomic mass is 35.5. The molecule has 1 fully saturated rings. The lowest BCUT2D eigenvalue weighted by Gasteiger charge is -2.26. The lowest BCUT2D eigenvalue weighted by molar-refractivity contribution is 0.0389. The summed E-state index contributed by atoms with van der Waals surface area (Å²) in [5.74, 6) is -0.204. The van der Waals surface area contributed by atoms with Crippen molar-refractivity contribution in [3.8, 4) is 0 Å². The Kier molecular flexibility index (Phi) is 8.58. The van der Waals surface area contributed by atoms with Crippen LogP contribution in [0.1, 0.15) is 15.9 Å². The van der Waals surface area contributed by atoms with Gasteiger partial charge in [0.15, 0.2) is 5.11 Å². The number of ether oxygens (including phenoxy) is 1.